The van der Waals surface area contributed by atoms with Gasteiger partial charge in [-0.1, -0.05) is 5.92 Å². The molecule has 1 aliphatic rings. The molecule has 0 saturated carbocycles. The van der Waals surface area contributed by atoms with Crippen molar-refractivity contribution in [2.24, 2.45) is 0 Å². The average molecular weight is 291 g/mol. The molecule has 2 unspecified atom stereocenters. The number of nitrogen functional groups attached to an aromatic ring is 1. The van der Waals surface area contributed by atoms with Gasteiger partial charge in [-0.3, -0.25) is 4.57 Å². The molecule has 2 aromatic rings. The van der Waals surface area contributed by atoms with Gasteiger partial charge in [0.05, 0.1) is 19.1 Å². The number of ether oxygens (including phenoxy) is 1. The van der Waals surface area contributed by atoms with Crippen molar-refractivity contribution in [2.75, 3.05) is 12.3 Å². The molecule has 1 fully saturated rings. The SMILES string of the molecule is C#C[C@]1(CO)O[C@@H](n2cnc3cnc(N)nc32)C(O)C1O. The minimum Gasteiger partial charge on any atom is -0.392 e. The van der Waals surface area contributed by atoms with Crippen LogP contribution in [-0.4, -0.2) is 59.3 Å². The molecule has 21 heavy (non-hydrogen) atoms. The van der Waals surface area contributed by atoms with Crippen molar-refractivity contribution < 1.29 is 20.1 Å². The molecule has 3 rings (SSSR count). The van der Waals surface area contributed by atoms with Gasteiger partial charge >= 0.3 is 0 Å². The maximum Gasteiger partial charge on any atom is 0.222 e. The van der Waals surface area contributed by atoms with E-state index in [1.165, 1.54) is 17.1 Å². The third kappa shape index (κ3) is 1.85. The normalized spacial score (nSPS) is 32.4. The molecule has 0 bridgehead atoms. The van der Waals surface area contributed by atoms with Crippen molar-refractivity contribution in [3.63, 3.8) is 0 Å². The lowest BCUT2D eigenvalue weighted by atomic mass is 9.97. The highest BCUT2D eigenvalue weighted by atomic mass is 16.6. The van der Waals surface area contributed by atoms with Gasteiger partial charge in [0.1, 0.15) is 17.7 Å². The molecular formula is C12H13N5O4. The molecule has 0 amide bonds. The largest absolute Gasteiger partial charge is 0.392 e. The van der Waals surface area contributed by atoms with Crippen molar-refractivity contribution in [3.8, 4) is 12.3 Å². The number of rotatable bonds is 2. The lowest BCUT2D eigenvalue weighted by Crippen LogP contribution is -2.44. The van der Waals surface area contributed by atoms with E-state index in [2.05, 4.69) is 20.9 Å². The van der Waals surface area contributed by atoms with Crippen LogP contribution in [0.15, 0.2) is 12.5 Å². The first kappa shape index (κ1) is 13.7. The standard InChI is InChI=1S/C12H13N5O4/c1-2-12(4-18)8(20)7(19)10(21-12)17-5-15-6-3-14-11(13)16-9(6)17/h1,3,5,7-8,10,18-20H,4H2,(H2,13,14,16)/t7?,8?,10-,12-/m1/s1. The minimum absolute atomic E-state index is 0.0302. The quantitative estimate of drug-likeness (QED) is 0.467. The van der Waals surface area contributed by atoms with Gasteiger partial charge in [0.2, 0.25) is 5.95 Å². The van der Waals surface area contributed by atoms with Crippen molar-refractivity contribution in [3.05, 3.63) is 12.5 Å². The van der Waals surface area contributed by atoms with Crippen LogP contribution in [0.3, 0.4) is 0 Å². The van der Waals surface area contributed by atoms with E-state index in [0.717, 1.165) is 0 Å². The molecule has 5 N–H and O–H groups in total. The monoisotopic (exact) mass is 291 g/mol. The maximum absolute atomic E-state index is 10.2. The van der Waals surface area contributed by atoms with E-state index < -0.39 is 30.6 Å². The van der Waals surface area contributed by atoms with Gasteiger partial charge in [0, 0.05) is 0 Å². The van der Waals surface area contributed by atoms with Gasteiger partial charge in [-0.2, -0.15) is 4.98 Å². The Morgan fingerprint density at radius 3 is 2.86 bits per heavy atom. The van der Waals surface area contributed by atoms with Crippen molar-refractivity contribution in [1.82, 2.24) is 19.5 Å². The predicted molar refractivity (Wildman–Crippen MR) is 70.5 cm³/mol. The summed E-state index contributed by atoms with van der Waals surface area (Å²) in [6, 6.07) is 0. The minimum atomic E-state index is -1.68. The molecule has 0 aromatic carbocycles. The molecule has 1 saturated heterocycles. The molecule has 0 aliphatic carbocycles. The van der Waals surface area contributed by atoms with Gasteiger partial charge < -0.3 is 25.8 Å². The molecule has 4 atom stereocenters. The summed E-state index contributed by atoms with van der Waals surface area (Å²) in [5.41, 5.74) is 4.61. The summed E-state index contributed by atoms with van der Waals surface area (Å²) >= 11 is 0. The average Bonchev–Trinajstić information content (AvgIpc) is 3.00. The molecule has 110 valence electrons. The maximum atomic E-state index is 10.2. The first-order chi connectivity index (χ1) is 10.0. The lowest BCUT2D eigenvalue weighted by molar-refractivity contribution is -0.0910. The van der Waals surface area contributed by atoms with Crippen molar-refractivity contribution in [2.45, 2.75) is 24.0 Å². The second-order valence-corrected chi connectivity index (χ2v) is 4.72. The van der Waals surface area contributed by atoms with Gasteiger partial charge in [0.25, 0.3) is 0 Å². The Hall–Kier alpha value is -2.25. The molecular weight excluding hydrogens is 278 g/mol. The van der Waals surface area contributed by atoms with Crippen LogP contribution in [-0.2, 0) is 4.74 Å². The molecule has 1 aliphatic heterocycles. The number of anilines is 1. The summed E-state index contributed by atoms with van der Waals surface area (Å²) in [5.74, 6) is 2.22. The molecule has 0 radical (unpaired) electrons. The van der Waals surface area contributed by atoms with Gasteiger partial charge in [-0.05, 0) is 0 Å². The van der Waals surface area contributed by atoms with E-state index in [1.54, 1.807) is 0 Å². The third-order valence-electron chi connectivity index (χ3n) is 3.51. The highest BCUT2D eigenvalue weighted by Gasteiger charge is 2.54. The number of terminal acetylenes is 1. The van der Waals surface area contributed by atoms with Crippen LogP contribution in [0, 0.1) is 12.3 Å². The second kappa shape index (κ2) is 4.64. The zero-order chi connectivity index (χ0) is 15.2. The van der Waals surface area contributed by atoms with Crippen molar-refractivity contribution >= 4 is 17.1 Å². The number of aliphatic hydroxyl groups is 3. The fourth-order valence-electron chi connectivity index (χ4n) is 2.33. The summed E-state index contributed by atoms with van der Waals surface area (Å²) in [4.78, 5) is 11.9. The number of hydrogen-bond donors (Lipinski definition) is 4. The number of imidazole rings is 1. The zero-order valence-electron chi connectivity index (χ0n) is 10.8. The van der Waals surface area contributed by atoms with E-state index in [-0.39, 0.29) is 5.95 Å². The van der Waals surface area contributed by atoms with Crippen LogP contribution < -0.4 is 5.73 Å². The summed E-state index contributed by atoms with van der Waals surface area (Å²) in [6.07, 6.45) is 4.23. The molecule has 3 heterocycles. The Labute approximate surface area is 119 Å². The van der Waals surface area contributed by atoms with E-state index in [1.807, 2.05) is 0 Å². The molecule has 9 nitrogen and oxygen atoms in total. The number of nitrogens with zero attached hydrogens (tertiary/aromatic N) is 4. The van der Waals surface area contributed by atoms with E-state index in [9.17, 15) is 15.3 Å². The first-order valence-electron chi connectivity index (χ1n) is 6.10. The van der Waals surface area contributed by atoms with E-state index >= 15 is 0 Å². The van der Waals surface area contributed by atoms with E-state index in [0.29, 0.717) is 11.2 Å². The number of aromatic nitrogens is 4. The third-order valence-corrected chi connectivity index (χ3v) is 3.51. The fraction of sp³-hybridized carbons (Fsp3) is 0.417. The molecule has 0 spiro atoms. The van der Waals surface area contributed by atoms with Crippen LogP contribution in [0.5, 0.6) is 0 Å². The topological polar surface area (TPSA) is 140 Å². The van der Waals surface area contributed by atoms with Crippen LogP contribution in [0.1, 0.15) is 6.23 Å². The predicted octanol–water partition coefficient (Wildman–Crippen LogP) is -1.98. The van der Waals surface area contributed by atoms with Crippen LogP contribution in [0.25, 0.3) is 11.2 Å². The summed E-state index contributed by atoms with van der Waals surface area (Å²) in [7, 11) is 0. The molecule has 9 heteroatoms. The van der Waals surface area contributed by atoms with Gasteiger partial charge in [-0.25, -0.2) is 9.97 Å². The van der Waals surface area contributed by atoms with Crippen LogP contribution in [0.4, 0.5) is 5.95 Å². The van der Waals surface area contributed by atoms with Crippen molar-refractivity contribution in [1.29, 1.82) is 0 Å². The highest BCUT2D eigenvalue weighted by molar-refractivity contribution is 5.70. The van der Waals surface area contributed by atoms with E-state index in [4.69, 9.17) is 16.9 Å². The van der Waals surface area contributed by atoms with Crippen LogP contribution in [0.2, 0.25) is 0 Å². The Bertz CT molecular complexity index is 726. The number of fused-ring (bicyclic) bond motifs is 1. The summed E-state index contributed by atoms with van der Waals surface area (Å²) in [6.45, 7) is -0.637. The Balaban J connectivity index is 2.08. The second-order valence-electron chi connectivity index (χ2n) is 4.72. The number of nitrogens with two attached hydrogens (primary N) is 1. The van der Waals surface area contributed by atoms with Crippen LogP contribution >= 0.6 is 0 Å². The highest BCUT2D eigenvalue weighted by Crippen LogP contribution is 2.37. The Kier molecular flexibility index (Phi) is 3.03. The zero-order valence-corrected chi connectivity index (χ0v) is 10.8. The van der Waals surface area contributed by atoms with Gasteiger partial charge in [0.15, 0.2) is 17.5 Å². The Morgan fingerprint density at radius 2 is 2.24 bits per heavy atom. The fourth-order valence-corrected chi connectivity index (χ4v) is 2.33. The summed E-state index contributed by atoms with van der Waals surface area (Å²) < 4.78 is 6.88. The number of aliphatic hydroxyl groups excluding tert-OH is 3. The van der Waals surface area contributed by atoms with Gasteiger partial charge in [-0.15, -0.1) is 6.42 Å². The lowest BCUT2D eigenvalue weighted by Gasteiger charge is -2.23. The smallest absolute Gasteiger partial charge is 0.222 e. The summed E-state index contributed by atoms with van der Waals surface area (Å²) in [5, 5.41) is 29.6. The number of hydrogen-bond acceptors (Lipinski definition) is 8. The first-order valence-corrected chi connectivity index (χ1v) is 6.10. The molecule has 2 aromatic heterocycles. The Morgan fingerprint density at radius 1 is 1.48 bits per heavy atom.